The number of carbonyl (C=O) groups excluding carboxylic acids is 1. The monoisotopic (exact) mass is 1340 g/mol. The number of H-pyrrole nitrogens is 1. The molecular weight excluding hydrogens is 1270 g/mol. The van der Waals surface area contributed by atoms with Crippen LogP contribution in [0.1, 0.15) is 123 Å². The van der Waals surface area contributed by atoms with Gasteiger partial charge in [0.1, 0.15) is 34.3 Å². The number of fused-ring (bicyclic) bond motifs is 3. The van der Waals surface area contributed by atoms with Crippen LogP contribution in [0.5, 0.6) is 0 Å². The number of nitrogens with zero attached hydrogens (tertiary/aromatic N) is 7. The zero-order valence-corrected chi connectivity index (χ0v) is 48.0. The number of carboxylic acid groups (broad SMARTS) is 2. The maximum atomic E-state index is 14.5. The van der Waals surface area contributed by atoms with Crippen molar-refractivity contribution >= 4 is 124 Å². The molecule has 11 rings (SSSR count). The lowest BCUT2D eigenvalue weighted by Crippen LogP contribution is -2.27. The number of aromatic amines is 1. The zero-order chi connectivity index (χ0) is 58.3. The van der Waals surface area contributed by atoms with Crippen LogP contribution < -0.4 is 16.4 Å². The first-order valence-electron chi connectivity index (χ1n) is 24.1. The largest absolute Gasteiger partial charge is 0.477 e. The molecule has 25 heteroatoms. The number of carbonyl (C=O) groups is 3. The topological polar surface area (TPSA) is 262 Å². The summed E-state index contributed by atoms with van der Waals surface area (Å²) in [6, 6.07) is 28.5. The van der Waals surface area contributed by atoms with E-state index < -0.39 is 35.4 Å². The first kappa shape index (κ1) is 75.3. The van der Waals surface area contributed by atoms with Crippen LogP contribution in [0.15, 0.2) is 140 Å². The Labute approximate surface area is 520 Å². The van der Waals surface area contributed by atoms with E-state index in [1.165, 1.54) is 36.3 Å². The van der Waals surface area contributed by atoms with Crippen LogP contribution in [0.4, 0.5) is 41.0 Å². The molecule has 4 aromatic carbocycles. The van der Waals surface area contributed by atoms with E-state index in [0.29, 0.717) is 46.5 Å². The van der Waals surface area contributed by atoms with Crippen LogP contribution in [0.25, 0.3) is 33.0 Å². The van der Waals surface area contributed by atoms with Crippen molar-refractivity contribution in [1.29, 1.82) is 0 Å². The second-order valence-electron chi connectivity index (χ2n) is 18.7. The fourth-order valence-corrected chi connectivity index (χ4v) is 7.75. The highest BCUT2D eigenvalue weighted by molar-refractivity contribution is 9.10. The maximum Gasteiger partial charge on any atom is 0.435 e. The number of benzene rings is 4. The van der Waals surface area contributed by atoms with Gasteiger partial charge < -0.3 is 40.7 Å². The molecule has 0 spiro atoms. The van der Waals surface area contributed by atoms with Crippen LogP contribution in [0, 0.1) is 5.82 Å². The van der Waals surface area contributed by atoms with Gasteiger partial charge in [0.15, 0.2) is 0 Å². The minimum atomic E-state index is -2.28. The van der Waals surface area contributed by atoms with Crippen molar-refractivity contribution in [3.63, 3.8) is 0 Å². The number of aromatic carboxylic acids is 2. The van der Waals surface area contributed by atoms with Crippen LogP contribution in [-0.2, 0) is 11.3 Å². The average molecular weight is 1350 g/mol. The Kier molecular flexibility index (Phi) is 30.4. The molecule has 85 heavy (non-hydrogen) atoms. The number of alkyl halides is 2. The number of nitrogens with one attached hydrogen (secondary N) is 3. The third kappa shape index (κ3) is 24.1. The van der Waals surface area contributed by atoms with E-state index in [1.807, 2.05) is 56.5 Å². The third-order valence-corrected chi connectivity index (χ3v) is 11.8. The molecule has 0 radical (unpaired) electrons. The molecule has 1 aliphatic carbocycles. The zero-order valence-electron chi connectivity index (χ0n) is 43.3. The molecule has 0 unspecified atom stereocenters. The fourth-order valence-electron chi connectivity index (χ4n) is 6.75. The molecular formula is C60H72Br2Cl2F3N11O7. The number of hydrogen-bond acceptors (Lipinski definition) is 14. The van der Waals surface area contributed by atoms with Crippen molar-refractivity contribution in [2.75, 3.05) is 10.6 Å². The summed E-state index contributed by atoms with van der Waals surface area (Å²) in [5, 5.41) is 29.4. The molecule has 1 aliphatic heterocycles. The van der Waals surface area contributed by atoms with E-state index in [4.69, 9.17) is 48.3 Å². The van der Waals surface area contributed by atoms with E-state index >= 15 is 0 Å². The highest BCUT2D eigenvalue weighted by Gasteiger charge is 2.36. The van der Waals surface area contributed by atoms with Crippen molar-refractivity contribution in [1.82, 2.24) is 34.7 Å². The van der Waals surface area contributed by atoms with Gasteiger partial charge in [0, 0.05) is 85.4 Å². The molecule has 0 atom stereocenters. The van der Waals surface area contributed by atoms with Crippen LogP contribution >= 0.6 is 55.1 Å². The van der Waals surface area contributed by atoms with Crippen molar-refractivity contribution < 1.29 is 46.9 Å². The van der Waals surface area contributed by atoms with Gasteiger partial charge >= 0.3 is 18.0 Å². The lowest BCUT2D eigenvalue weighted by molar-refractivity contribution is -0.0717. The molecule has 18 nitrogen and oxygen atoms in total. The predicted molar refractivity (Wildman–Crippen MR) is 343 cm³/mol. The number of aromatic nitrogens is 7. The molecule has 9 aromatic rings. The second kappa shape index (κ2) is 34.3. The summed E-state index contributed by atoms with van der Waals surface area (Å²) in [4.78, 5) is 55.9. The molecule has 2 aliphatic rings. The van der Waals surface area contributed by atoms with E-state index in [9.17, 15) is 27.6 Å². The number of carboxylic acids is 2. The van der Waals surface area contributed by atoms with Gasteiger partial charge in [0.05, 0.1) is 12.7 Å². The standard InChI is InChI=1S/C18H17ClFN5O2.C12H9ClN4.C9H6BrNO2.C9H5BrO3.C4H6F2.C3H9N.5CH4/c1-18(2,3)27-17(26)25-10-11(9-22-25)13-5-4-12(8-14(13)20)23-15-6-7-21-16(19)24-15;13-12-15-4-3-11(17-12)16-10-2-1-8-6-14-7-9(8)5-10;10-6-2-1-5-3-8(9(12)13)11-7(5)4-6;10-6-2-1-5-3-8(9(11)12)13-7(5)4-6;5-4(6)2-1-3-4;1-3(2)4;;;;;/h4-10H,1-3H3,(H,21,23,24);1-5,7H,6H2,(H,15,16,17);1-4,11H,(H,12,13);1-4H,(H,11,12);1-3H2;3H,4H2,1-2H3;5*1H4. The minimum Gasteiger partial charge on any atom is -0.477 e. The van der Waals surface area contributed by atoms with Crippen molar-refractivity contribution in [2.24, 2.45) is 10.7 Å². The number of aliphatic imine (C=N–C) groups is 1. The first-order chi connectivity index (χ1) is 37.8. The van der Waals surface area contributed by atoms with Crippen molar-refractivity contribution in [2.45, 2.75) is 115 Å². The average Bonchev–Trinajstić information content (AvgIpc) is 4.29. The van der Waals surface area contributed by atoms with Crippen LogP contribution in [0.2, 0.25) is 10.6 Å². The van der Waals surface area contributed by atoms with Gasteiger partial charge in [-0.25, -0.2) is 47.5 Å². The number of hydrogen-bond donors (Lipinski definition) is 6. The van der Waals surface area contributed by atoms with Crippen LogP contribution in [-0.4, -0.2) is 86.7 Å². The lowest BCUT2D eigenvalue weighted by atomic mass is 9.95. The molecule has 1 fully saturated rings. The van der Waals surface area contributed by atoms with Crippen molar-refractivity contribution in [3.05, 3.63) is 170 Å². The molecule has 7 N–H and O–H groups in total. The molecule has 6 heterocycles. The second-order valence-corrected chi connectivity index (χ2v) is 21.2. The fraction of sp³-hybridized carbons (Fsp3) is 0.283. The molecule has 5 aromatic heterocycles. The normalized spacial score (nSPS) is 11.8. The summed E-state index contributed by atoms with van der Waals surface area (Å²) in [7, 11) is 0. The Morgan fingerprint density at radius 2 is 1.34 bits per heavy atom. The lowest BCUT2D eigenvalue weighted by Gasteiger charge is -2.23. The van der Waals surface area contributed by atoms with E-state index in [0.717, 1.165) is 47.7 Å². The Balaban J connectivity index is 0.000000545. The molecule has 458 valence electrons. The van der Waals surface area contributed by atoms with E-state index in [2.05, 4.69) is 83.6 Å². The minimum absolute atomic E-state index is 0. The summed E-state index contributed by atoms with van der Waals surface area (Å²) in [6.07, 6.45) is 8.14. The van der Waals surface area contributed by atoms with Gasteiger partial charge in [-0.05, 0) is 152 Å². The van der Waals surface area contributed by atoms with E-state index in [-0.39, 0.29) is 72.0 Å². The molecule has 0 saturated heterocycles. The number of nitrogens with two attached hydrogens (primary N) is 1. The van der Waals surface area contributed by atoms with Gasteiger partial charge in [-0.1, -0.05) is 95.0 Å². The van der Waals surface area contributed by atoms with Crippen LogP contribution in [0.3, 0.4) is 0 Å². The number of ether oxygens (including phenoxy) is 1. The van der Waals surface area contributed by atoms with Gasteiger partial charge in [-0.2, -0.15) is 9.78 Å². The summed E-state index contributed by atoms with van der Waals surface area (Å²) in [6.45, 7) is 9.93. The van der Waals surface area contributed by atoms with Crippen molar-refractivity contribution in [3.8, 4) is 11.1 Å². The summed E-state index contributed by atoms with van der Waals surface area (Å²) < 4.78 is 50.8. The molecule has 0 bridgehead atoms. The quantitative estimate of drug-likeness (QED) is 0.0811. The highest BCUT2D eigenvalue weighted by Crippen LogP contribution is 2.36. The van der Waals surface area contributed by atoms with E-state index in [1.54, 1.807) is 69.4 Å². The number of furan rings is 1. The Morgan fingerprint density at radius 3 is 1.86 bits per heavy atom. The van der Waals surface area contributed by atoms with Gasteiger partial charge in [0.25, 0.3) is 0 Å². The highest BCUT2D eigenvalue weighted by atomic mass is 79.9. The summed E-state index contributed by atoms with van der Waals surface area (Å²) in [5.74, 6) is -3.66. The predicted octanol–water partition coefficient (Wildman–Crippen LogP) is 18.3. The Hall–Kier alpha value is -7.70. The van der Waals surface area contributed by atoms with Gasteiger partial charge in [-0.15, -0.1) is 0 Å². The Morgan fingerprint density at radius 1 is 0.788 bits per heavy atom. The smallest absolute Gasteiger partial charge is 0.435 e. The first-order valence-corrected chi connectivity index (χ1v) is 26.4. The molecule has 0 amide bonds. The molecule has 1 saturated carbocycles. The number of halogens is 7. The number of anilines is 4. The SMILES string of the molecule is C.C.C.C.C.CC(C)(C)OC(=O)n1cc(-c2ccc(Nc3ccnc(Cl)n3)cc2F)cn1.CC(C)N.Clc1nccc(Nc2ccc3c(c2)C=NC3)n1.FC1(F)CCC1.O=C(O)c1cc2ccc(Br)cc2[nH]1.O=C(O)c1cc2ccc(Br)cc2o1. The van der Waals surface area contributed by atoms with Gasteiger partial charge in [0.2, 0.25) is 22.2 Å². The van der Waals surface area contributed by atoms with Gasteiger partial charge in [-0.3, -0.25) is 4.99 Å². The number of rotatable bonds is 7. The third-order valence-electron chi connectivity index (χ3n) is 10.5. The summed E-state index contributed by atoms with van der Waals surface area (Å²) >= 11 is 18.0. The maximum absolute atomic E-state index is 14.5. The summed E-state index contributed by atoms with van der Waals surface area (Å²) in [5.41, 5.74) is 10.7. The Bertz CT molecular complexity index is 3550.